The average molecular weight is 173 g/mol. The Kier molecular flexibility index (Phi) is 6.34. The molecule has 0 heterocycles. The van der Waals surface area contributed by atoms with Gasteiger partial charge in [0.1, 0.15) is 0 Å². The fourth-order valence-corrected chi connectivity index (χ4v) is 1.23. The van der Waals surface area contributed by atoms with Crippen molar-refractivity contribution in [1.29, 1.82) is 0 Å². The molecule has 0 saturated carbocycles. The third-order valence-corrected chi connectivity index (χ3v) is 2.37. The van der Waals surface area contributed by atoms with Crippen molar-refractivity contribution in [2.75, 3.05) is 40.3 Å². The molecular formula is C9H23N3. The topological polar surface area (TPSA) is 32.5 Å². The van der Waals surface area contributed by atoms with Gasteiger partial charge in [0.2, 0.25) is 0 Å². The molecule has 0 amide bonds. The van der Waals surface area contributed by atoms with Gasteiger partial charge in [0.25, 0.3) is 0 Å². The summed E-state index contributed by atoms with van der Waals surface area (Å²) in [4.78, 5) is 4.59. The van der Waals surface area contributed by atoms with Gasteiger partial charge in [0, 0.05) is 19.1 Å². The van der Waals surface area contributed by atoms with Gasteiger partial charge in [-0.25, -0.2) is 0 Å². The first-order valence-corrected chi connectivity index (χ1v) is 4.74. The smallest absolute Gasteiger partial charge is 0.0339 e. The van der Waals surface area contributed by atoms with E-state index in [0.29, 0.717) is 6.04 Å². The predicted octanol–water partition coefficient (Wildman–Crippen LogP) is 0.217. The van der Waals surface area contributed by atoms with Crippen molar-refractivity contribution in [2.24, 2.45) is 5.73 Å². The molecule has 0 saturated heterocycles. The maximum absolute atomic E-state index is 5.66. The SMILES string of the molecule is CCN(CC)CC(CN)N(C)C. The quantitative estimate of drug-likeness (QED) is 0.623. The van der Waals surface area contributed by atoms with E-state index in [1.54, 1.807) is 0 Å². The zero-order valence-electron chi connectivity index (χ0n) is 8.88. The second-order valence-electron chi connectivity index (χ2n) is 3.34. The first-order chi connectivity index (χ1) is 5.65. The summed E-state index contributed by atoms with van der Waals surface area (Å²) in [5, 5.41) is 0. The van der Waals surface area contributed by atoms with E-state index in [4.69, 9.17) is 5.73 Å². The van der Waals surface area contributed by atoms with Crippen molar-refractivity contribution < 1.29 is 0 Å². The van der Waals surface area contributed by atoms with E-state index in [9.17, 15) is 0 Å². The van der Waals surface area contributed by atoms with Gasteiger partial charge in [-0.05, 0) is 27.2 Å². The minimum Gasteiger partial charge on any atom is -0.329 e. The van der Waals surface area contributed by atoms with Gasteiger partial charge < -0.3 is 15.5 Å². The molecule has 3 heteroatoms. The molecule has 0 spiro atoms. The summed E-state index contributed by atoms with van der Waals surface area (Å²) in [6, 6.07) is 0.491. The van der Waals surface area contributed by atoms with Crippen LogP contribution in [0.1, 0.15) is 13.8 Å². The highest BCUT2D eigenvalue weighted by Gasteiger charge is 2.11. The molecule has 12 heavy (non-hydrogen) atoms. The Morgan fingerprint density at radius 2 is 1.67 bits per heavy atom. The summed E-state index contributed by atoms with van der Waals surface area (Å²) in [6.07, 6.45) is 0. The lowest BCUT2D eigenvalue weighted by molar-refractivity contribution is 0.198. The van der Waals surface area contributed by atoms with Crippen LogP contribution in [0.2, 0.25) is 0 Å². The summed E-state index contributed by atoms with van der Waals surface area (Å²) >= 11 is 0. The van der Waals surface area contributed by atoms with E-state index >= 15 is 0 Å². The van der Waals surface area contributed by atoms with Gasteiger partial charge in [-0.2, -0.15) is 0 Å². The van der Waals surface area contributed by atoms with E-state index < -0.39 is 0 Å². The van der Waals surface area contributed by atoms with E-state index in [1.807, 2.05) is 0 Å². The van der Waals surface area contributed by atoms with Crippen molar-refractivity contribution in [1.82, 2.24) is 9.80 Å². The van der Waals surface area contributed by atoms with E-state index in [0.717, 1.165) is 26.2 Å². The van der Waals surface area contributed by atoms with Gasteiger partial charge in [0.15, 0.2) is 0 Å². The first kappa shape index (κ1) is 11.9. The van der Waals surface area contributed by atoms with Crippen molar-refractivity contribution in [3.63, 3.8) is 0 Å². The Hall–Kier alpha value is -0.120. The number of nitrogens with two attached hydrogens (primary N) is 1. The molecule has 1 unspecified atom stereocenters. The van der Waals surface area contributed by atoms with Crippen LogP contribution in [-0.4, -0.2) is 56.1 Å². The second-order valence-corrected chi connectivity index (χ2v) is 3.34. The molecule has 1 atom stereocenters. The average Bonchev–Trinajstić information content (AvgIpc) is 2.06. The molecule has 0 radical (unpaired) electrons. The summed E-state index contributed by atoms with van der Waals surface area (Å²) in [5.41, 5.74) is 5.66. The predicted molar refractivity (Wildman–Crippen MR) is 54.3 cm³/mol. The van der Waals surface area contributed by atoms with Crippen LogP contribution < -0.4 is 5.73 Å². The number of hydrogen-bond acceptors (Lipinski definition) is 3. The van der Waals surface area contributed by atoms with Gasteiger partial charge in [-0.15, -0.1) is 0 Å². The van der Waals surface area contributed by atoms with Crippen LogP contribution in [0.15, 0.2) is 0 Å². The maximum atomic E-state index is 5.66. The van der Waals surface area contributed by atoms with Crippen molar-refractivity contribution >= 4 is 0 Å². The Bertz CT molecular complexity index is 99.9. The monoisotopic (exact) mass is 173 g/mol. The van der Waals surface area contributed by atoms with E-state index in [2.05, 4.69) is 37.7 Å². The highest BCUT2D eigenvalue weighted by atomic mass is 15.2. The van der Waals surface area contributed by atoms with Crippen LogP contribution in [-0.2, 0) is 0 Å². The zero-order chi connectivity index (χ0) is 9.56. The van der Waals surface area contributed by atoms with Crippen LogP contribution in [0, 0.1) is 0 Å². The molecule has 0 bridgehead atoms. The van der Waals surface area contributed by atoms with Crippen molar-refractivity contribution in [3.05, 3.63) is 0 Å². The number of hydrogen-bond donors (Lipinski definition) is 1. The normalized spacial score (nSPS) is 14.2. The number of rotatable bonds is 6. The van der Waals surface area contributed by atoms with Gasteiger partial charge >= 0.3 is 0 Å². The third-order valence-electron chi connectivity index (χ3n) is 2.37. The van der Waals surface area contributed by atoms with Crippen molar-refractivity contribution in [3.8, 4) is 0 Å². The fraction of sp³-hybridized carbons (Fsp3) is 1.00. The summed E-state index contributed by atoms with van der Waals surface area (Å²) < 4.78 is 0. The Morgan fingerprint density at radius 1 is 1.17 bits per heavy atom. The molecule has 0 aliphatic heterocycles. The molecule has 74 valence electrons. The minimum absolute atomic E-state index is 0.491. The summed E-state index contributed by atoms with van der Waals surface area (Å²) in [6.45, 7) is 8.42. The van der Waals surface area contributed by atoms with Crippen LogP contribution in [0.4, 0.5) is 0 Å². The highest BCUT2D eigenvalue weighted by Crippen LogP contribution is 1.96. The Labute approximate surface area is 76.5 Å². The zero-order valence-corrected chi connectivity index (χ0v) is 8.88. The molecular weight excluding hydrogens is 150 g/mol. The fourth-order valence-electron chi connectivity index (χ4n) is 1.23. The highest BCUT2D eigenvalue weighted by molar-refractivity contribution is 4.71. The number of nitrogens with zero attached hydrogens (tertiary/aromatic N) is 2. The molecule has 0 aromatic carbocycles. The van der Waals surface area contributed by atoms with Crippen LogP contribution in [0.25, 0.3) is 0 Å². The lowest BCUT2D eigenvalue weighted by atomic mass is 10.2. The molecule has 0 aromatic heterocycles. The van der Waals surface area contributed by atoms with Gasteiger partial charge in [-0.1, -0.05) is 13.8 Å². The molecule has 0 aliphatic carbocycles. The Morgan fingerprint density at radius 3 is 1.92 bits per heavy atom. The number of likely N-dealkylation sites (N-methyl/N-ethyl adjacent to an activating group) is 2. The lowest BCUT2D eigenvalue weighted by Gasteiger charge is -2.28. The third kappa shape index (κ3) is 4.04. The van der Waals surface area contributed by atoms with Crippen LogP contribution >= 0.6 is 0 Å². The first-order valence-electron chi connectivity index (χ1n) is 4.74. The van der Waals surface area contributed by atoms with Crippen LogP contribution in [0.5, 0.6) is 0 Å². The maximum Gasteiger partial charge on any atom is 0.0339 e. The molecule has 3 nitrogen and oxygen atoms in total. The van der Waals surface area contributed by atoms with E-state index in [-0.39, 0.29) is 0 Å². The van der Waals surface area contributed by atoms with Gasteiger partial charge in [0.05, 0.1) is 0 Å². The molecule has 0 aromatic rings. The van der Waals surface area contributed by atoms with Gasteiger partial charge in [-0.3, -0.25) is 0 Å². The largest absolute Gasteiger partial charge is 0.329 e. The molecule has 0 rings (SSSR count). The molecule has 2 N–H and O–H groups in total. The second kappa shape index (κ2) is 6.40. The van der Waals surface area contributed by atoms with E-state index in [1.165, 1.54) is 0 Å². The van der Waals surface area contributed by atoms with Crippen LogP contribution in [0.3, 0.4) is 0 Å². The van der Waals surface area contributed by atoms with Crippen molar-refractivity contribution in [2.45, 2.75) is 19.9 Å². The minimum atomic E-state index is 0.491. The summed E-state index contributed by atoms with van der Waals surface area (Å²) in [7, 11) is 4.17. The summed E-state index contributed by atoms with van der Waals surface area (Å²) in [5.74, 6) is 0. The standard InChI is InChI=1S/C9H23N3/c1-5-12(6-2)8-9(7-10)11(3)4/h9H,5-8,10H2,1-4H3. The lowest BCUT2D eigenvalue weighted by Crippen LogP contribution is -2.44. The molecule has 0 fully saturated rings. The molecule has 0 aliphatic rings. The Balaban J connectivity index is 3.82.